The molecule has 0 spiro atoms. The van der Waals surface area contributed by atoms with Crippen LogP contribution in [0.2, 0.25) is 0 Å². The second-order valence-electron chi connectivity index (χ2n) is 5.42. The maximum Gasteiger partial charge on any atom is 0.325 e. The first-order valence-electron chi connectivity index (χ1n) is 6.44. The van der Waals surface area contributed by atoms with Crippen LogP contribution in [0.1, 0.15) is 46.0 Å². The standard InChI is InChI=1S/C13H25NO2S/c1-10-5-4-6-11(9-10)17-8-7-13(2,14)12(15)16-3/h10-11H,4-9,14H2,1-3H3. The normalized spacial score (nSPS) is 28.5. The Labute approximate surface area is 109 Å². The number of thioether (sulfide) groups is 1. The molecule has 4 heteroatoms. The van der Waals surface area contributed by atoms with Crippen molar-refractivity contribution in [1.29, 1.82) is 0 Å². The van der Waals surface area contributed by atoms with Gasteiger partial charge in [-0.05, 0) is 37.9 Å². The molecule has 0 bridgehead atoms. The Hall–Kier alpha value is -0.220. The van der Waals surface area contributed by atoms with E-state index in [1.54, 1.807) is 6.92 Å². The lowest BCUT2D eigenvalue weighted by molar-refractivity contribution is -0.146. The molecule has 100 valence electrons. The third-order valence-electron chi connectivity index (χ3n) is 3.51. The van der Waals surface area contributed by atoms with Gasteiger partial charge in [0, 0.05) is 5.25 Å². The number of carbonyl (C=O) groups is 1. The largest absolute Gasteiger partial charge is 0.468 e. The van der Waals surface area contributed by atoms with Gasteiger partial charge in [-0.1, -0.05) is 19.8 Å². The van der Waals surface area contributed by atoms with Crippen LogP contribution in [-0.4, -0.2) is 29.6 Å². The van der Waals surface area contributed by atoms with Crippen molar-refractivity contribution in [3.63, 3.8) is 0 Å². The zero-order chi connectivity index (χ0) is 12.9. The second kappa shape index (κ2) is 6.64. The Kier molecular flexibility index (Phi) is 5.80. The van der Waals surface area contributed by atoms with Gasteiger partial charge in [0.2, 0.25) is 0 Å². The summed E-state index contributed by atoms with van der Waals surface area (Å²) in [7, 11) is 1.39. The fourth-order valence-electron chi connectivity index (χ4n) is 2.30. The van der Waals surface area contributed by atoms with Gasteiger partial charge in [0.1, 0.15) is 5.54 Å². The molecule has 0 aliphatic heterocycles. The van der Waals surface area contributed by atoms with E-state index in [0.717, 1.165) is 16.9 Å². The van der Waals surface area contributed by atoms with Crippen LogP contribution in [0.15, 0.2) is 0 Å². The summed E-state index contributed by atoms with van der Waals surface area (Å²) < 4.78 is 4.70. The highest BCUT2D eigenvalue weighted by atomic mass is 32.2. The van der Waals surface area contributed by atoms with Gasteiger partial charge in [0.15, 0.2) is 0 Å². The number of hydrogen-bond donors (Lipinski definition) is 1. The molecule has 1 aliphatic rings. The van der Waals surface area contributed by atoms with E-state index in [1.807, 2.05) is 11.8 Å². The quantitative estimate of drug-likeness (QED) is 0.771. The van der Waals surface area contributed by atoms with Crippen LogP contribution < -0.4 is 5.73 Å². The molecule has 1 rings (SSSR count). The molecule has 0 heterocycles. The van der Waals surface area contributed by atoms with Crippen molar-refractivity contribution in [2.24, 2.45) is 11.7 Å². The third kappa shape index (κ3) is 4.88. The van der Waals surface area contributed by atoms with Gasteiger partial charge < -0.3 is 10.5 Å². The Bertz CT molecular complexity index is 256. The fraction of sp³-hybridized carbons (Fsp3) is 0.923. The molecular weight excluding hydrogens is 234 g/mol. The van der Waals surface area contributed by atoms with Crippen LogP contribution in [0.3, 0.4) is 0 Å². The van der Waals surface area contributed by atoms with Gasteiger partial charge in [-0.2, -0.15) is 11.8 Å². The molecule has 17 heavy (non-hydrogen) atoms. The number of methoxy groups -OCH3 is 1. The van der Waals surface area contributed by atoms with Gasteiger partial charge in [-0.25, -0.2) is 0 Å². The molecule has 1 aliphatic carbocycles. The first-order valence-corrected chi connectivity index (χ1v) is 7.49. The number of nitrogens with two attached hydrogens (primary N) is 1. The lowest BCUT2D eigenvalue weighted by Gasteiger charge is -2.27. The summed E-state index contributed by atoms with van der Waals surface area (Å²) in [6.07, 6.45) is 6.03. The van der Waals surface area contributed by atoms with Crippen molar-refractivity contribution in [3.8, 4) is 0 Å². The number of carbonyl (C=O) groups excluding carboxylic acids is 1. The molecular formula is C13H25NO2S. The Morgan fingerprint density at radius 3 is 2.82 bits per heavy atom. The topological polar surface area (TPSA) is 52.3 Å². The van der Waals surface area contributed by atoms with Gasteiger partial charge in [-0.15, -0.1) is 0 Å². The molecule has 0 aromatic rings. The average Bonchev–Trinajstić information content (AvgIpc) is 2.27. The van der Waals surface area contributed by atoms with E-state index in [-0.39, 0.29) is 5.97 Å². The molecule has 3 nitrogen and oxygen atoms in total. The Balaban J connectivity index is 2.25. The second-order valence-corrected chi connectivity index (χ2v) is 6.83. The lowest BCUT2D eigenvalue weighted by Crippen LogP contribution is -2.46. The van der Waals surface area contributed by atoms with Gasteiger partial charge in [0.25, 0.3) is 0 Å². The fourth-order valence-corrected chi connectivity index (χ4v) is 3.98. The monoisotopic (exact) mass is 259 g/mol. The highest BCUT2D eigenvalue weighted by molar-refractivity contribution is 7.99. The van der Waals surface area contributed by atoms with Crippen molar-refractivity contribution in [3.05, 3.63) is 0 Å². The lowest BCUT2D eigenvalue weighted by atomic mass is 9.91. The summed E-state index contributed by atoms with van der Waals surface area (Å²) >= 11 is 1.97. The summed E-state index contributed by atoms with van der Waals surface area (Å²) in [5.41, 5.74) is 5.09. The predicted molar refractivity (Wildman–Crippen MR) is 73.1 cm³/mol. The minimum Gasteiger partial charge on any atom is -0.468 e. The predicted octanol–water partition coefficient (Wildman–Crippen LogP) is 2.58. The van der Waals surface area contributed by atoms with Crippen LogP contribution in [0, 0.1) is 5.92 Å². The molecule has 0 radical (unpaired) electrons. The maximum absolute atomic E-state index is 11.4. The van der Waals surface area contributed by atoms with Crippen molar-refractivity contribution in [1.82, 2.24) is 0 Å². The van der Waals surface area contributed by atoms with Crippen LogP contribution in [0.5, 0.6) is 0 Å². The first kappa shape index (κ1) is 14.8. The number of hydrogen-bond acceptors (Lipinski definition) is 4. The van der Waals surface area contributed by atoms with E-state index >= 15 is 0 Å². The van der Waals surface area contributed by atoms with E-state index in [4.69, 9.17) is 10.5 Å². The maximum atomic E-state index is 11.4. The van der Waals surface area contributed by atoms with Gasteiger partial charge >= 0.3 is 5.97 Å². The summed E-state index contributed by atoms with van der Waals surface area (Å²) in [5.74, 6) is 1.49. The smallest absolute Gasteiger partial charge is 0.325 e. The molecule has 0 amide bonds. The van der Waals surface area contributed by atoms with Crippen molar-refractivity contribution >= 4 is 17.7 Å². The molecule has 1 fully saturated rings. The number of esters is 1. The molecule has 0 saturated heterocycles. The number of ether oxygens (including phenoxy) is 1. The van der Waals surface area contributed by atoms with E-state index in [0.29, 0.717) is 6.42 Å². The molecule has 1 saturated carbocycles. The Morgan fingerprint density at radius 1 is 1.53 bits per heavy atom. The zero-order valence-corrected chi connectivity index (χ0v) is 12.0. The first-order chi connectivity index (χ1) is 7.95. The zero-order valence-electron chi connectivity index (χ0n) is 11.2. The summed E-state index contributed by atoms with van der Waals surface area (Å²) in [5, 5.41) is 0.757. The highest BCUT2D eigenvalue weighted by Crippen LogP contribution is 2.32. The van der Waals surface area contributed by atoms with E-state index in [9.17, 15) is 4.79 Å². The highest BCUT2D eigenvalue weighted by Gasteiger charge is 2.29. The van der Waals surface area contributed by atoms with E-state index in [1.165, 1.54) is 32.8 Å². The van der Waals surface area contributed by atoms with Crippen molar-refractivity contribution in [2.45, 2.75) is 56.7 Å². The van der Waals surface area contributed by atoms with Crippen molar-refractivity contribution in [2.75, 3.05) is 12.9 Å². The number of rotatable bonds is 5. The molecule has 3 unspecified atom stereocenters. The van der Waals surface area contributed by atoms with Crippen LogP contribution in [-0.2, 0) is 9.53 Å². The summed E-state index contributed by atoms with van der Waals surface area (Å²) in [4.78, 5) is 11.4. The van der Waals surface area contributed by atoms with Crippen LogP contribution in [0.4, 0.5) is 0 Å². The minimum absolute atomic E-state index is 0.310. The molecule has 3 atom stereocenters. The van der Waals surface area contributed by atoms with Crippen molar-refractivity contribution < 1.29 is 9.53 Å². The Morgan fingerprint density at radius 2 is 2.24 bits per heavy atom. The molecule has 0 aromatic carbocycles. The third-order valence-corrected chi connectivity index (χ3v) is 4.85. The summed E-state index contributed by atoms with van der Waals surface area (Å²) in [6, 6.07) is 0. The minimum atomic E-state index is -0.831. The van der Waals surface area contributed by atoms with E-state index < -0.39 is 5.54 Å². The summed E-state index contributed by atoms with van der Waals surface area (Å²) in [6.45, 7) is 4.08. The SMILES string of the molecule is COC(=O)C(C)(N)CCSC1CCCC(C)C1. The van der Waals surface area contributed by atoms with Crippen LogP contribution in [0.25, 0.3) is 0 Å². The van der Waals surface area contributed by atoms with Gasteiger partial charge in [-0.3, -0.25) is 4.79 Å². The molecule has 2 N–H and O–H groups in total. The van der Waals surface area contributed by atoms with Gasteiger partial charge in [0.05, 0.1) is 7.11 Å². The average molecular weight is 259 g/mol. The van der Waals surface area contributed by atoms with E-state index in [2.05, 4.69) is 6.92 Å². The molecule has 0 aromatic heterocycles. The van der Waals surface area contributed by atoms with Crippen LogP contribution >= 0.6 is 11.8 Å².